The smallest absolute Gasteiger partial charge is 0.239 e. The minimum absolute atomic E-state index is 0.0762. The molecule has 1 fully saturated rings. The number of hydrogen-bond acceptors (Lipinski definition) is 4. The van der Waals surface area contributed by atoms with Gasteiger partial charge in [0, 0.05) is 25.7 Å². The number of carbonyl (C=O) groups excluding carboxylic acids is 1. The molecule has 0 aromatic heterocycles. The fourth-order valence-corrected chi connectivity index (χ4v) is 2.22. The fourth-order valence-electron chi connectivity index (χ4n) is 2.22. The molecule has 19 heavy (non-hydrogen) atoms. The first-order valence-corrected chi connectivity index (χ1v) is 6.17. The molecule has 1 heterocycles. The van der Waals surface area contributed by atoms with Crippen molar-refractivity contribution >= 4 is 11.7 Å². The molecule has 0 bridgehead atoms. The highest BCUT2D eigenvalue weighted by molar-refractivity contribution is 5.98. The van der Waals surface area contributed by atoms with E-state index in [2.05, 4.69) is 10.5 Å². The molecule has 0 spiro atoms. The zero-order valence-electron chi connectivity index (χ0n) is 10.8. The molecule has 6 nitrogen and oxygen atoms in total. The van der Waals surface area contributed by atoms with Crippen molar-refractivity contribution in [3.8, 4) is 0 Å². The monoisotopic (exact) mass is 262 g/mol. The summed E-state index contributed by atoms with van der Waals surface area (Å²) in [6.07, 6.45) is 0.807. The number of nitrogens with two attached hydrogens (primary N) is 1. The number of nitrogens with one attached hydrogen (secondary N) is 1. The van der Waals surface area contributed by atoms with E-state index in [0.29, 0.717) is 12.1 Å². The molecule has 1 aromatic rings. The summed E-state index contributed by atoms with van der Waals surface area (Å²) in [6.45, 7) is 1.29. The zero-order valence-corrected chi connectivity index (χ0v) is 10.8. The van der Waals surface area contributed by atoms with Gasteiger partial charge in [-0.3, -0.25) is 4.79 Å². The number of hydrogen-bond donors (Lipinski definition) is 3. The van der Waals surface area contributed by atoms with Crippen LogP contribution < -0.4 is 11.1 Å². The molecule has 0 radical (unpaired) electrons. The summed E-state index contributed by atoms with van der Waals surface area (Å²) >= 11 is 0. The van der Waals surface area contributed by atoms with Crippen molar-refractivity contribution in [1.82, 2.24) is 10.2 Å². The maximum Gasteiger partial charge on any atom is 0.239 e. The van der Waals surface area contributed by atoms with Gasteiger partial charge in [0.05, 0.1) is 6.04 Å². The van der Waals surface area contributed by atoms with Crippen molar-refractivity contribution < 1.29 is 10.0 Å². The summed E-state index contributed by atoms with van der Waals surface area (Å²) in [7, 11) is 1.80. The molecular weight excluding hydrogens is 244 g/mol. The Balaban J connectivity index is 2.06. The highest BCUT2D eigenvalue weighted by Gasteiger charge is 2.28. The average Bonchev–Trinajstić information content (AvgIpc) is 2.76. The lowest BCUT2D eigenvalue weighted by atomic mass is 10.1. The minimum atomic E-state index is -0.148. The van der Waals surface area contributed by atoms with Crippen molar-refractivity contribution in [3.05, 3.63) is 35.4 Å². The van der Waals surface area contributed by atoms with Crippen molar-refractivity contribution in [1.29, 1.82) is 0 Å². The van der Waals surface area contributed by atoms with Gasteiger partial charge in [-0.05, 0) is 12.0 Å². The number of amidine groups is 1. The topological polar surface area (TPSA) is 90.9 Å². The number of oxime groups is 1. The van der Waals surface area contributed by atoms with Gasteiger partial charge >= 0.3 is 0 Å². The number of benzene rings is 1. The summed E-state index contributed by atoms with van der Waals surface area (Å²) in [5.41, 5.74) is 7.21. The van der Waals surface area contributed by atoms with Gasteiger partial charge in [0.15, 0.2) is 5.84 Å². The van der Waals surface area contributed by atoms with E-state index in [1.54, 1.807) is 18.0 Å². The van der Waals surface area contributed by atoms with Crippen LogP contribution in [0.4, 0.5) is 0 Å². The summed E-state index contributed by atoms with van der Waals surface area (Å²) < 4.78 is 0. The predicted octanol–water partition coefficient (Wildman–Crippen LogP) is 0.101. The first kappa shape index (κ1) is 13.4. The highest BCUT2D eigenvalue weighted by Crippen LogP contribution is 2.12. The van der Waals surface area contributed by atoms with E-state index in [9.17, 15) is 4.79 Å². The van der Waals surface area contributed by atoms with E-state index in [0.717, 1.165) is 18.5 Å². The third-order valence-corrected chi connectivity index (χ3v) is 3.37. The number of rotatable bonds is 4. The Hall–Kier alpha value is -2.08. The Labute approximate surface area is 111 Å². The number of amides is 1. The van der Waals surface area contributed by atoms with Gasteiger partial charge in [-0.15, -0.1) is 0 Å². The van der Waals surface area contributed by atoms with Crippen LogP contribution in [0.15, 0.2) is 29.4 Å². The highest BCUT2D eigenvalue weighted by atomic mass is 16.4. The number of carbonyl (C=O) groups is 1. The standard InChI is InChI=1S/C13H18N4O2/c1-17-7-6-11(13(17)18)15-8-9-4-2-3-5-10(9)12(14)16-19/h2-5,11,15,19H,6-8H2,1H3,(H2,14,16). The number of likely N-dealkylation sites (N-methyl/N-ethyl adjacent to an activating group) is 1. The van der Waals surface area contributed by atoms with Crippen molar-refractivity contribution in [2.75, 3.05) is 13.6 Å². The van der Waals surface area contributed by atoms with Crippen LogP contribution in [0.25, 0.3) is 0 Å². The molecule has 2 rings (SSSR count). The van der Waals surface area contributed by atoms with E-state index in [4.69, 9.17) is 10.9 Å². The maximum atomic E-state index is 11.8. The van der Waals surface area contributed by atoms with Gasteiger partial charge < -0.3 is 21.2 Å². The molecule has 4 N–H and O–H groups in total. The summed E-state index contributed by atoms with van der Waals surface area (Å²) in [6, 6.07) is 7.24. The SMILES string of the molecule is CN1CCC(NCc2ccccc2/C(N)=N/O)C1=O. The Morgan fingerprint density at radius 3 is 2.95 bits per heavy atom. The fraction of sp³-hybridized carbons (Fsp3) is 0.385. The summed E-state index contributed by atoms with van der Waals surface area (Å²) in [4.78, 5) is 13.5. The molecule has 1 aliphatic heterocycles. The Kier molecular flexibility index (Phi) is 4.01. The van der Waals surface area contributed by atoms with E-state index in [1.165, 1.54) is 0 Å². The normalized spacial score (nSPS) is 20.1. The first-order valence-electron chi connectivity index (χ1n) is 6.17. The quantitative estimate of drug-likeness (QED) is 0.311. The van der Waals surface area contributed by atoms with Crippen LogP contribution in [-0.4, -0.2) is 41.5 Å². The van der Waals surface area contributed by atoms with Gasteiger partial charge in [-0.25, -0.2) is 0 Å². The van der Waals surface area contributed by atoms with Crippen molar-refractivity contribution in [2.24, 2.45) is 10.9 Å². The lowest BCUT2D eigenvalue weighted by Crippen LogP contribution is -2.36. The van der Waals surface area contributed by atoms with E-state index < -0.39 is 0 Å². The van der Waals surface area contributed by atoms with Crippen LogP contribution in [0.2, 0.25) is 0 Å². The van der Waals surface area contributed by atoms with Crippen LogP contribution in [-0.2, 0) is 11.3 Å². The largest absolute Gasteiger partial charge is 0.409 e. The van der Waals surface area contributed by atoms with Crippen LogP contribution in [0.5, 0.6) is 0 Å². The van der Waals surface area contributed by atoms with Gasteiger partial charge in [0.25, 0.3) is 0 Å². The molecule has 6 heteroatoms. The van der Waals surface area contributed by atoms with Gasteiger partial charge in [0.2, 0.25) is 5.91 Å². The van der Waals surface area contributed by atoms with Crippen LogP contribution >= 0.6 is 0 Å². The molecule has 0 saturated carbocycles. The second-order valence-electron chi connectivity index (χ2n) is 4.62. The molecule has 1 saturated heterocycles. The molecule has 0 aliphatic carbocycles. The molecule has 1 aromatic carbocycles. The second kappa shape index (κ2) is 5.71. The summed E-state index contributed by atoms with van der Waals surface area (Å²) in [5.74, 6) is 0.188. The van der Waals surface area contributed by atoms with Gasteiger partial charge in [-0.2, -0.15) is 0 Å². The lowest BCUT2D eigenvalue weighted by Gasteiger charge is -2.14. The zero-order chi connectivity index (χ0) is 13.8. The average molecular weight is 262 g/mol. The van der Waals surface area contributed by atoms with Crippen LogP contribution in [0.1, 0.15) is 17.5 Å². The van der Waals surface area contributed by atoms with Gasteiger partial charge in [-0.1, -0.05) is 29.4 Å². The van der Waals surface area contributed by atoms with Gasteiger partial charge in [0.1, 0.15) is 0 Å². The number of nitrogens with zero attached hydrogens (tertiary/aromatic N) is 2. The van der Waals surface area contributed by atoms with Crippen LogP contribution in [0.3, 0.4) is 0 Å². The molecular formula is C13H18N4O2. The van der Waals surface area contributed by atoms with Crippen molar-refractivity contribution in [3.63, 3.8) is 0 Å². The second-order valence-corrected chi connectivity index (χ2v) is 4.62. The van der Waals surface area contributed by atoms with E-state index >= 15 is 0 Å². The molecule has 1 amide bonds. The molecule has 1 aliphatic rings. The Bertz CT molecular complexity index is 501. The Morgan fingerprint density at radius 1 is 1.58 bits per heavy atom. The first-order chi connectivity index (χ1) is 9.13. The third kappa shape index (κ3) is 2.85. The van der Waals surface area contributed by atoms with E-state index in [-0.39, 0.29) is 17.8 Å². The van der Waals surface area contributed by atoms with Crippen molar-refractivity contribution in [2.45, 2.75) is 19.0 Å². The lowest BCUT2D eigenvalue weighted by molar-refractivity contribution is -0.128. The third-order valence-electron chi connectivity index (χ3n) is 3.37. The Morgan fingerprint density at radius 2 is 2.32 bits per heavy atom. The maximum absolute atomic E-state index is 11.8. The molecule has 102 valence electrons. The van der Waals surface area contributed by atoms with Crippen LogP contribution in [0, 0.1) is 0 Å². The summed E-state index contributed by atoms with van der Waals surface area (Å²) in [5, 5.41) is 15.0. The number of likely N-dealkylation sites (tertiary alicyclic amines) is 1. The minimum Gasteiger partial charge on any atom is -0.409 e. The molecule has 1 unspecified atom stereocenters. The predicted molar refractivity (Wildman–Crippen MR) is 71.8 cm³/mol. The van der Waals surface area contributed by atoms with E-state index in [1.807, 2.05) is 18.2 Å². The molecule has 1 atom stereocenters.